The zero-order chi connectivity index (χ0) is 10.5. The Labute approximate surface area is 88.7 Å². The molecular formula is C12H13NO2. The molecule has 3 nitrogen and oxygen atoms in total. The highest BCUT2D eigenvalue weighted by molar-refractivity contribution is 5.87. The molecule has 0 amide bonds. The molecule has 0 spiro atoms. The normalized spacial score (nSPS) is 14.6. The van der Waals surface area contributed by atoms with Crippen LogP contribution in [0.1, 0.15) is 5.56 Å². The van der Waals surface area contributed by atoms with E-state index in [-0.39, 0.29) is 6.61 Å². The van der Waals surface area contributed by atoms with Gasteiger partial charge in [0.15, 0.2) is 0 Å². The second-order valence-electron chi connectivity index (χ2n) is 3.30. The number of hydrogen-bond acceptors (Lipinski definition) is 3. The minimum absolute atomic E-state index is 0.0845. The topological polar surface area (TPSA) is 41.8 Å². The fourth-order valence-electron chi connectivity index (χ4n) is 1.45. The third-order valence-corrected chi connectivity index (χ3v) is 2.14. The Kier molecular flexibility index (Phi) is 3.15. The second kappa shape index (κ2) is 4.75. The van der Waals surface area contributed by atoms with E-state index in [0.717, 1.165) is 16.9 Å². The molecule has 0 bridgehead atoms. The van der Waals surface area contributed by atoms with E-state index in [1.807, 2.05) is 24.3 Å². The number of fused-ring (bicyclic) bond motifs is 1. The van der Waals surface area contributed by atoms with Gasteiger partial charge in [0.25, 0.3) is 0 Å². The predicted molar refractivity (Wildman–Crippen MR) is 60.4 cm³/mol. The SMILES string of the molecule is OCCN=CC1=Cc2ccccc2OC1. The molecule has 0 saturated heterocycles. The summed E-state index contributed by atoms with van der Waals surface area (Å²) in [7, 11) is 0. The Morgan fingerprint density at radius 3 is 3.13 bits per heavy atom. The lowest BCUT2D eigenvalue weighted by atomic mass is 10.1. The molecule has 0 saturated carbocycles. The zero-order valence-electron chi connectivity index (χ0n) is 8.39. The van der Waals surface area contributed by atoms with Gasteiger partial charge in [0, 0.05) is 17.4 Å². The van der Waals surface area contributed by atoms with Gasteiger partial charge in [0.05, 0.1) is 13.2 Å². The number of rotatable bonds is 3. The van der Waals surface area contributed by atoms with E-state index in [1.54, 1.807) is 6.21 Å². The zero-order valence-corrected chi connectivity index (χ0v) is 8.39. The van der Waals surface area contributed by atoms with Crippen LogP contribution in [0.3, 0.4) is 0 Å². The van der Waals surface area contributed by atoms with Crippen molar-refractivity contribution in [3.05, 3.63) is 35.4 Å². The third-order valence-electron chi connectivity index (χ3n) is 2.14. The van der Waals surface area contributed by atoms with Gasteiger partial charge in [-0.15, -0.1) is 0 Å². The van der Waals surface area contributed by atoms with Crippen molar-refractivity contribution >= 4 is 12.3 Å². The molecule has 2 rings (SSSR count). The summed E-state index contributed by atoms with van der Waals surface area (Å²) in [5.74, 6) is 0.914. The van der Waals surface area contributed by atoms with Gasteiger partial charge in [-0.1, -0.05) is 18.2 Å². The van der Waals surface area contributed by atoms with Gasteiger partial charge in [0.1, 0.15) is 12.4 Å². The molecule has 1 aliphatic rings. The highest BCUT2D eigenvalue weighted by Gasteiger charge is 2.08. The Hall–Kier alpha value is -1.61. The molecule has 0 radical (unpaired) electrons. The number of para-hydroxylation sites is 1. The average molecular weight is 203 g/mol. The second-order valence-corrected chi connectivity index (χ2v) is 3.30. The average Bonchev–Trinajstić information content (AvgIpc) is 2.29. The van der Waals surface area contributed by atoms with Crippen molar-refractivity contribution < 1.29 is 9.84 Å². The molecule has 15 heavy (non-hydrogen) atoms. The molecule has 0 aliphatic carbocycles. The predicted octanol–water partition coefficient (Wildman–Crippen LogP) is 1.53. The molecule has 3 heteroatoms. The van der Waals surface area contributed by atoms with E-state index in [0.29, 0.717) is 13.2 Å². The van der Waals surface area contributed by atoms with Gasteiger partial charge in [0.2, 0.25) is 0 Å². The number of aliphatic hydroxyl groups excluding tert-OH is 1. The van der Waals surface area contributed by atoms with Crippen molar-refractivity contribution in [3.8, 4) is 5.75 Å². The van der Waals surface area contributed by atoms with Crippen molar-refractivity contribution in [3.63, 3.8) is 0 Å². The van der Waals surface area contributed by atoms with E-state index >= 15 is 0 Å². The molecule has 0 fully saturated rings. The summed E-state index contributed by atoms with van der Waals surface area (Å²) in [5.41, 5.74) is 2.11. The summed E-state index contributed by atoms with van der Waals surface area (Å²) >= 11 is 0. The van der Waals surface area contributed by atoms with Gasteiger partial charge in [-0.2, -0.15) is 0 Å². The molecular weight excluding hydrogens is 190 g/mol. The fourth-order valence-corrected chi connectivity index (χ4v) is 1.45. The van der Waals surface area contributed by atoms with Crippen LogP contribution < -0.4 is 4.74 Å². The maximum Gasteiger partial charge on any atom is 0.127 e. The Bertz CT molecular complexity index is 396. The minimum Gasteiger partial charge on any atom is -0.488 e. The van der Waals surface area contributed by atoms with Gasteiger partial charge < -0.3 is 9.84 Å². The third kappa shape index (κ3) is 2.44. The standard InChI is InChI=1S/C12H13NO2/c14-6-5-13-8-10-7-11-3-1-2-4-12(11)15-9-10/h1-4,7-8,14H,5-6,9H2. The van der Waals surface area contributed by atoms with Crippen LogP contribution in [0.15, 0.2) is 34.8 Å². The van der Waals surface area contributed by atoms with Crippen LogP contribution >= 0.6 is 0 Å². The fraction of sp³-hybridized carbons (Fsp3) is 0.250. The molecule has 1 aliphatic heterocycles. The van der Waals surface area contributed by atoms with Crippen molar-refractivity contribution in [1.82, 2.24) is 0 Å². The molecule has 1 aromatic carbocycles. The summed E-state index contributed by atoms with van der Waals surface area (Å²) in [4.78, 5) is 4.06. The van der Waals surface area contributed by atoms with Crippen LogP contribution in [0.4, 0.5) is 0 Å². The van der Waals surface area contributed by atoms with Crippen LogP contribution in [-0.4, -0.2) is 31.1 Å². The smallest absolute Gasteiger partial charge is 0.127 e. The minimum atomic E-state index is 0.0845. The number of aliphatic hydroxyl groups is 1. The molecule has 78 valence electrons. The monoisotopic (exact) mass is 203 g/mol. The van der Waals surface area contributed by atoms with Crippen molar-refractivity contribution in [2.24, 2.45) is 4.99 Å². The summed E-state index contributed by atoms with van der Waals surface area (Å²) in [5, 5.41) is 8.59. The van der Waals surface area contributed by atoms with E-state index < -0.39 is 0 Å². The molecule has 1 aromatic rings. The molecule has 1 heterocycles. The summed E-state index contributed by atoms with van der Waals surface area (Å²) in [6, 6.07) is 7.89. The lowest BCUT2D eigenvalue weighted by Gasteiger charge is -2.15. The van der Waals surface area contributed by atoms with Crippen LogP contribution in [0, 0.1) is 0 Å². The molecule has 1 N–H and O–H groups in total. The highest BCUT2D eigenvalue weighted by Crippen LogP contribution is 2.24. The van der Waals surface area contributed by atoms with Crippen LogP contribution in [0.5, 0.6) is 5.75 Å². The molecule has 0 aromatic heterocycles. The van der Waals surface area contributed by atoms with Gasteiger partial charge in [-0.25, -0.2) is 0 Å². The first kappa shape index (κ1) is 9.93. The summed E-state index contributed by atoms with van der Waals surface area (Å²) < 4.78 is 5.54. The van der Waals surface area contributed by atoms with Crippen molar-refractivity contribution in [1.29, 1.82) is 0 Å². The van der Waals surface area contributed by atoms with Crippen molar-refractivity contribution in [2.75, 3.05) is 19.8 Å². The van der Waals surface area contributed by atoms with Crippen LogP contribution in [0.2, 0.25) is 0 Å². The van der Waals surface area contributed by atoms with E-state index in [2.05, 4.69) is 11.1 Å². The Balaban J connectivity index is 2.15. The van der Waals surface area contributed by atoms with Gasteiger partial charge in [-0.05, 0) is 12.1 Å². The van der Waals surface area contributed by atoms with Crippen molar-refractivity contribution in [2.45, 2.75) is 0 Å². The van der Waals surface area contributed by atoms with Gasteiger partial charge in [-0.3, -0.25) is 4.99 Å². The number of nitrogens with zero attached hydrogens (tertiary/aromatic N) is 1. The number of ether oxygens (including phenoxy) is 1. The lowest BCUT2D eigenvalue weighted by molar-refractivity contribution is 0.307. The number of hydrogen-bond donors (Lipinski definition) is 1. The summed E-state index contributed by atoms with van der Waals surface area (Å²) in [6.07, 6.45) is 3.81. The Morgan fingerprint density at radius 2 is 2.27 bits per heavy atom. The number of aliphatic imine (C=N–C) groups is 1. The van der Waals surface area contributed by atoms with E-state index in [9.17, 15) is 0 Å². The first-order chi connectivity index (χ1) is 7.40. The highest BCUT2D eigenvalue weighted by atomic mass is 16.5. The first-order valence-electron chi connectivity index (χ1n) is 4.93. The maximum absolute atomic E-state index is 8.59. The maximum atomic E-state index is 8.59. The first-order valence-corrected chi connectivity index (χ1v) is 4.93. The quantitative estimate of drug-likeness (QED) is 0.757. The van der Waals surface area contributed by atoms with Crippen LogP contribution in [-0.2, 0) is 0 Å². The van der Waals surface area contributed by atoms with E-state index in [4.69, 9.17) is 9.84 Å². The molecule has 0 atom stereocenters. The van der Waals surface area contributed by atoms with E-state index in [1.165, 1.54) is 0 Å². The van der Waals surface area contributed by atoms with Crippen LogP contribution in [0.25, 0.3) is 6.08 Å². The largest absolute Gasteiger partial charge is 0.488 e. The lowest BCUT2D eigenvalue weighted by Crippen LogP contribution is -2.08. The summed E-state index contributed by atoms with van der Waals surface area (Å²) in [6.45, 7) is 1.08. The number of benzene rings is 1. The Morgan fingerprint density at radius 1 is 1.40 bits per heavy atom. The van der Waals surface area contributed by atoms with Gasteiger partial charge >= 0.3 is 0 Å². The molecule has 0 unspecified atom stereocenters.